The summed E-state index contributed by atoms with van der Waals surface area (Å²) in [5.41, 5.74) is 0.641. The Kier molecular flexibility index (Phi) is 4.40. The average Bonchev–Trinajstić information content (AvgIpc) is 3.04. The minimum atomic E-state index is -0.121. The van der Waals surface area contributed by atoms with Gasteiger partial charge in [0.05, 0.1) is 6.04 Å². The Morgan fingerprint density at radius 1 is 1.19 bits per heavy atom. The highest BCUT2D eigenvalue weighted by Gasteiger charge is 2.36. The van der Waals surface area contributed by atoms with Gasteiger partial charge in [-0.15, -0.1) is 15.3 Å². The van der Waals surface area contributed by atoms with Crippen LogP contribution in [0.5, 0.6) is 0 Å². The first-order valence-corrected chi connectivity index (χ1v) is 9.74. The summed E-state index contributed by atoms with van der Waals surface area (Å²) in [6.07, 6.45) is 7.17. The number of carbonyl (C=O) groups excluding carboxylic acids is 1. The van der Waals surface area contributed by atoms with Crippen molar-refractivity contribution >= 4 is 17.4 Å². The molecule has 7 nitrogen and oxygen atoms in total. The number of likely N-dealkylation sites (N-methyl/N-ethyl adjacent to an activating group) is 1. The molecule has 2 aromatic heterocycles. The molecule has 1 aliphatic carbocycles. The SMILES string of the molecule is CN(C(=O)C1CC=CCC1)C1CN(c2ccc3nnc(C(C)(C)C)n3n2)C1. The Morgan fingerprint density at radius 3 is 2.63 bits per heavy atom. The van der Waals surface area contributed by atoms with Gasteiger partial charge < -0.3 is 9.80 Å². The lowest BCUT2D eigenvalue weighted by Gasteiger charge is -2.45. The second kappa shape index (κ2) is 6.62. The molecule has 3 heterocycles. The maximum Gasteiger partial charge on any atom is 0.226 e. The van der Waals surface area contributed by atoms with E-state index in [2.05, 4.69) is 48.0 Å². The first kappa shape index (κ1) is 17.9. The summed E-state index contributed by atoms with van der Waals surface area (Å²) in [6.45, 7) is 7.96. The van der Waals surface area contributed by atoms with E-state index in [1.54, 1.807) is 0 Å². The third kappa shape index (κ3) is 3.31. The summed E-state index contributed by atoms with van der Waals surface area (Å²) < 4.78 is 1.84. The molecule has 2 aromatic rings. The molecule has 1 fully saturated rings. The summed E-state index contributed by atoms with van der Waals surface area (Å²) in [5.74, 6) is 2.19. The van der Waals surface area contributed by atoms with Crippen LogP contribution >= 0.6 is 0 Å². The van der Waals surface area contributed by atoms with E-state index >= 15 is 0 Å². The topological polar surface area (TPSA) is 66.6 Å². The van der Waals surface area contributed by atoms with Crippen LogP contribution in [0.1, 0.15) is 45.9 Å². The standard InChI is InChI=1S/C20H28N6O/c1-20(2,3)19-22-21-16-10-11-17(23-26(16)19)25-12-15(13-25)24(4)18(27)14-8-6-5-7-9-14/h5-6,10-11,14-15H,7-9,12-13H2,1-4H3. The molecule has 144 valence electrons. The molecule has 0 spiro atoms. The Labute approximate surface area is 160 Å². The van der Waals surface area contributed by atoms with Gasteiger partial charge in [-0.05, 0) is 31.4 Å². The van der Waals surface area contributed by atoms with E-state index < -0.39 is 0 Å². The predicted octanol–water partition coefficient (Wildman–Crippen LogP) is 2.43. The van der Waals surface area contributed by atoms with Crippen molar-refractivity contribution in [2.24, 2.45) is 5.92 Å². The van der Waals surface area contributed by atoms with Gasteiger partial charge in [-0.2, -0.15) is 4.52 Å². The molecule has 27 heavy (non-hydrogen) atoms. The van der Waals surface area contributed by atoms with E-state index in [1.807, 2.05) is 28.6 Å². The molecule has 2 aliphatic rings. The number of hydrogen-bond donors (Lipinski definition) is 0. The van der Waals surface area contributed by atoms with Gasteiger partial charge in [-0.3, -0.25) is 4.79 Å². The Morgan fingerprint density at radius 2 is 1.96 bits per heavy atom. The van der Waals surface area contributed by atoms with Gasteiger partial charge in [0.1, 0.15) is 5.82 Å². The fourth-order valence-corrected chi connectivity index (χ4v) is 3.79. The lowest BCUT2D eigenvalue weighted by molar-refractivity contribution is -0.137. The first-order chi connectivity index (χ1) is 12.8. The monoisotopic (exact) mass is 368 g/mol. The molecular formula is C20H28N6O. The fourth-order valence-electron chi connectivity index (χ4n) is 3.79. The minimum absolute atomic E-state index is 0.121. The number of nitrogens with zero attached hydrogens (tertiary/aromatic N) is 6. The van der Waals surface area contributed by atoms with Crippen molar-refractivity contribution < 1.29 is 4.79 Å². The van der Waals surface area contributed by atoms with E-state index in [1.165, 1.54) is 0 Å². The third-order valence-corrected chi connectivity index (χ3v) is 5.62. The summed E-state index contributed by atoms with van der Waals surface area (Å²) in [6, 6.07) is 4.20. The molecule has 1 unspecified atom stereocenters. The number of anilines is 1. The minimum Gasteiger partial charge on any atom is -0.351 e. The predicted molar refractivity (Wildman–Crippen MR) is 105 cm³/mol. The van der Waals surface area contributed by atoms with E-state index in [-0.39, 0.29) is 23.3 Å². The van der Waals surface area contributed by atoms with Crippen LogP contribution in [0.2, 0.25) is 0 Å². The summed E-state index contributed by atoms with van der Waals surface area (Å²) in [4.78, 5) is 16.9. The molecule has 0 saturated carbocycles. The number of amides is 1. The first-order valence-electron chi connectivity index (χ1n) is 9.74. The number of allylic oxidation sites excluding steroid dienone is 2. The van der Waals surface area contributed by atoms with Crippen LogP contribution in [0, 0.1) is 5.92 Å². The van der Waals surface area contributed by atoms with E-state index in [0.29, 0.717) is 0 Å². The van der Waals surface area contributed by atoms with Crippen LogP contribution in [0.3, 0.4) is 0 Å². The Bertz CT molecular complexity index is 874. The van der Waals surface area contributed by atoms with Crippen molar-refractivity contribution in [3.05, 3.63) is 30.1 Å². The van der Waals surface area contributed by atoms with E-state index in [4.69, 9.17) is 5.10 Å². The molecule has 0 N–H and O–H groups in total. The maximum absolute atomic E-state index is 12.7. The average molecular weight is 368 g/mol. The van der Waals surface area contributed by atoms with Crippen molar-refractivity contribution in [1.29, 1.82) is 0 Å². The van der Waals surface area contributed by atoms with Crippen LogP contribution in [-0.4, -0.2) is 56.8 Å². The maximum atomic E-state index is 12.7. The van der Waals surface area contributed by atoms with Crippen molar-refractivity contribution in [2.45, 2.75) is 51.5 Å². The Hall–Kier alpha value is -2.44. The largest absolute Gasteiger partial charge is 0.351 e. The van der Waals surface area contributed by atoms with Crippen molar-refractivity contribution in [1.82, 2.24) is 24.7 Å². The second-order valence-electron chi connectivity index (χ2n) is 8.72. The van der Waals surface area contributed by atoms with Crippen LogP contribution in [-0.2, 0) is 10.2 Å². The van der Waals surface area contributed by atoms with Crippen LogP contribution in [0.25, 0.3) is 5.65 Å². The van der Waals surface area contributed by atoms with E-state index in [9.17, 15) is 4.79 Å². The third-order valence-electron chi connectivity index (χ3n) is 5.62. The van der Waals surface area contributed by atoms with Crippen LogP contribution < -0.4 is 4.90 Å². The molecule has 7 heteroatoms. The highest BCUT2D eigenvalue weighted by Crippen LogP contribution is 2.27. The van der Waals surface area contributed by atoms with Crippen molar-refractivity contribution in [3.8, 4) is 0 Å². The summed E-state index contributed by atoms with van der Waals surface area (Å²) >= 11 is 0. The van der Waals surface area contributed by atoms with E-state index in [0.717, 1.165) is 49.6 Å². The van der Waals surface area contributed by atoms with Gasteiger partial charge in [0.2, 0.25) is 5.91 Å². The zero-order chi connectivity index (χ0) is 19.2. The Balaban J connectivity index is 1.44. The number of carbonyl (C=O) groups is 1. The van der Waals surface area contributed by atoms with Gasteiger partial charge in [0.15, 0.2) is 11.5 Å². The van der Waals surface area contributed by atoms with Crippen LogP contribution in [0.4, 0.5) is 5.82 Å². The number of rotatable bonds is 3. The smallest absolute Gasteiger partial charge is 0.226 e. The molecule has 0 aromatic carbocycles. The van der Waals surface area contributed by atoms with Crippen molar-refractivity contribution in [3.63, 3.8) is 0 Å². The molecule has 0 bridgehead atoms. The van der Waals surface area contributed by atoms with Gasteiger partial charge in [-0.25, -0.2) is 0 Å². The quantitative estimate of drug-likeness (QED) is 0.779. The molecule has 1 aliphatic heterocycles. The summed E-state index contributed by atoms with van der Waals surface area (Å²) in [7, 11) is 1.94. The number of hydrogen-bond acceptors (Lipinski definition) is 5. The van der Waals surface area contributed by atoms with Gasteiger partial charge >= 0.3 is 0 Å². The number of fused-ring (bicyclic) bond motifs is 1. The van der Waals surface area contributed by atoms with Gasteiger partial charge in [-0.1, -0.05) is 32.9 Å². The highest BCUT2D eigenvalue weighted by molar-refractivity contribution is 5.79. The lowest BCUT2D eigenvalue weighted by atomic mass is 9.92. The van der Waals surface area contributed by atoms with Gasteiger partial charge in [0, 0.05) is 31.5 Å². The molecule has 4 rings (SSSR count). The van der Waals surface area contributed by atoms with Gasteiger partial charge in [0.25, 0.3) is 0 Å². The van der Waals surface area contributed by atoms with Crippen LogP contribution in [0.15, 0.2) is 24.3 Å². The summed E-state index contributed by atoms with van der Waals surface area (Å²) in [5, 5.41) is 13.3. The van der Waals surface area contributed by atoms with Crippen molar-refractivity contribution in [2.75, 3.05) is 25.0 Å². The lowest BCUT2D eigenvalue weighted by Crippen LogP contribution is -2.61. The zero-order valence-corrected chi connectivity index (χ0v) is 16.6. The molecular weight excluding hydrogens is 340 g/mol. The molecule has 1 saturated heterocycles. The fraction of sp³-hybridized carbons (Fsp3) is 0.600. The normalized spacial score (nSPS) is 20.7. The highest BCUT2D eigenvalue weighted by atomic mass is 16.2. The zero-order valence-electron chi connectivity index (χ0n) is 16.6. The molecule has 1 amide bonds. The molecule has 1 atom stereocenters. The number of aromatic nitrogens is 4. The molecule has 0 radical (unpaired) electrons. The second-order valence-corrected chi connectivity index (χ2v) is 8.72.